The van der Waals surface area contributed by atoms with Gasteiger partial charge in [-0.3, -0.25) is 9.59 Å². The van der Waals surface area contributed by atoms with E-state index in [4.69, 9.17) is 18.9 Å². The van der Waals surface area contributed by atoms with Crippen molar-refractivity contribution in [2.75, 3.05) is 13.1 Å². The number of hydrogen-bond acceptors (Lipinski definition) is 10. The molecule has 342 valence electrons. The van der Waals surface area contributed by atoms with E-state index in [9.17, 15) is 9.59 Å². The van der Waals surface area contributed by atoms with Gasteiger partial charge in [0, 0.05) is 34.0 Å². The Bertz CT molecular complexity index is 2230. The number of ether oxygens (including phenoxy) is 4. The molecule has 0 aliphatic carbocycles. The number of fused-ring (bicyclic) bond motifs is 1. The highest BCUT2D eigenvalue weighted by molar-refractivity contribution is 7.17. The molecule has 12 heteroatoms. The summed E-state index contributed by atoms with van der Waals surface area (Å²) in [5.41, 5.74) is 2.02. The van der Waals surface area contributed by atoms with E-state index in [1.54, 1.807) is 65.8 Å². The Balaban J connectivity index is 1.50. The van der Waals surface area contributed by atoms with Crippen LogP contribution in [0.5, 0.6) is 11.5 Å². The van der Waals surface area contributed by atoms with Crippen LogP contribution >= 0.6 is 22.7 Å². The van der Waals surface area contributed by atoms with Crippen LogP contribution in [0.25, 0.3) is 32.3 Å². The summed E-state index contributed by atoms with van der Waals surface area (Å²) in [6.07, 6.45) is 6.27. The molecule has 0 bridgehead atoms. The van der Waals surface area contributed by atoms with Gasteiger partial charge in [-0.05, 0) is 115 Å². The molecule has 2 aromatic carbocycles. The molecule has 4 heterocycles. The smallest absolute Gasteiger partial charge is 0.428 e. The van der Waals surface area contributed by atoms with Crippen LogP contribution in [0.3, 0.4) is 0 Å². The topological polar surface area (TPSA) is 112 Å². The van der Waals surface area contributed by atoms with Crippen LogP contribution < -0.4 is 9.47 Å². The average molecular weight is 909 g/mol. The zero-order chi connectivity index (χ0) is 46.3. The molecule has 64 heavy (non-hydrogen) atoms. The molecule has 0 saturated carbocycles. The van der Waals surface area contributed by atoms with Crippen molar-refractivity contribution >= 4 is 58.2 Å². The van der Waals surface area contributed by atoms with E-state index < -0.39 is 23.5 Å². The van der Waals surface area contributed by atoms with Gasteiger partial charge in [0.15, 0.2) is 0 Å². The molecule has 4 aromatic rings. The number of nitrogens with zero attached hydrogens (tertiary/aromatic N) is 2. The zero-order valence-corrected chi connectivity index (χ0v) is 40.8. The van der Waals surface area contributed by atoms with Crippen molar-refractivity contribution in [2.45, 2.75) is 132 Å². The number of hydrogen-bond donors (Lipinski definition) is 0. The lowest BCUT2D eigenvalue weighted by Crippen LogP contribution is -2.34. The van der Waals surface area contributed by atoms with Crippen molar-refractivity contribution in [3.63, 3.8) is 0 Å². The summed E-state index contributed by atoms with van der Waals surface area (Å²) in [7, 11) is 0. The standard InChI is InChI=1S/C52H64N2O8S2/c1-11-15-21-33(13-3)31-53-45(41-29-27-39(63-41)35-23-17-19-25-37(35)59-49(57)61-51(5,6)7)43-44(47(53)55)46(54(48(43)56)32-34(14-4)22-16-12-2)42-30-28-40(64-42)36-24-18-20-26-38(36)60-50(58)62-52(8,9)10/h17-20,23-30,33-34H,11-16,21-22,31-32H2,1-10H3. The number of amides is 2. The van der Waals surface area contributed by atoms with E-state index in [2.05, 4.69) is 27.7 Å². The van der Waals surface area contributed by atoms with Crippen LogP contribution in [0.15, 0.2) is 83.9 Å². The molecule has 0 fully saturated rings. The Hall–Kier alpha value is -5.20. The third kappa shape index (κ3) is 11.4. The van der Waals surface area contributed by atoms with E-state index in [1.165, 1.54) is 22.7 Å². The maximum absolute atomic E-state index is 15.3. The second-order valence-electron chi connectivity index (χ2n) is 18.6. The average Bonchev–Trinajstić information content (AvgIpc) is 4.02. The SMILES string of the molecule is CCCCC(CC)CN1C(=O)C2=C(c3ccc(-c4ccccc4OC(=O)OC(C)(C)C)s3)N(CC(CC)CCCC)C(=O)C2=C1c1ccc(-c2ccccc2OC(=O)OC(C)(C)C)s1. The molecular formula is C52H64N2O8S2. The third-order valence-electron chi connectivity index (χ3n) is 11.3. The lowest BCUT2D eigenvalue weighted by molar-refractivity contribution is -0.124. The minimum atomic E-state index is -0.800. The van der Waals surface area contributed by atoms with Crippen molar-refractivity contribution in [1.29, 1.82) is 0 Å². The van der Waals surface area contributed by atoms with E-state index in [0.29, 0.717) is 58.3 Å². The summed E-state index contributed by atoms with van der Waals surface area (Å²) in [5.74, 6) is 0.791. The van der Waals surface area contributed by atoms with Gasteiger partial charge in [-0.2, -0.15) is 0 Å². The third-order valence-corrected chi connectivity index (χ3v) is 13.5. The molecule has 10 nitrogen and oxygen atoms in total. The zero-order valence-electron chi connectivity index (χ0n) is 39.1. The fourth-order valence-electron chi connectivity index (χ4n) is 8.07. The number of rotatable bonds is 18. The molecular weight excluding hydrogens is 845 g/mol. The Morgan fingerprint density at radius 3 is 1.25 bits per heavy atom. The Kier molecular flexibility index (Phi) is 15.6. The molecule has 2 aromatic heterocycles. The maximum atomic E-state index is 15.3. The number of carbonyl (C=O) groups is 4. The van der Waals surface area contributed by atoms with Crippen molar-refractivity contribution in [3.05, 3.63) is 93.7 Å². The monoisotopic (exact) mass is 908 g/mol. The normalized spacial score (nSPS) is 15.2. The van der Waals surface area contributed by atoms with Crippen molar-refractivity contribution < 1.29 is 38.1 Å². The van der Waals surface area contributed by atoms with Gasteiger partial charge < -0.3 is 28.7 Å². The van der Waals surface area contributed by atoms with Crippen molar-refractivity contribution in [3.8, 4) is 32.4 Å². The fourth-order valence-corrected chi connectivity index (χ4v) is 10.3. The molecule has 0 saturated heterocycles. The number of para-hydroxylation sites is 2. The number of carbonyl (C=O) groups excluding carboxylic acids is 4. The molecule has 2 aliphatic rings. The van der Waals surface area contributed by atoms with Gasteiger partial charge in [-0.15, -0.1) is 22.7 Å². The van der Waals surface area contributed by atoms with Crippen LogP contribution in [0.4, 0.5) is 9.59 Å². The maximum Gasteiger partial charge on any atom is 0.514 e. The van der Waals surface area contributed by atoms with Gasteiger partial charge in [0.05, 0.1) is 32.3 Å². The Labute approximate surface area is 387 Å². The van der Waals surface area contributed by atoms with E-state index in [-0.39, 0.29) is 23.7 Å². The summed E-state index contributed by atoms with van der Waals surface area (Å²) in [4.78, 5) is 63.2. The molecule has 0 radical (unpaired) electrons. The second kappa shape index (κ2) is 20.7. The van der Waals surface area contributed by atoms with Crippen molar-refractivity contribution in [2.24, 2.45) is 11.8 Å². The highest BCUT2D eigenvalue weighted by Gasteiger charge is 2.50. The van der Waals surface area contributed by atoms with Gasteiger partial charge in [-0.25, -0.2) is 9.59 Å². The van der Waals surface area contributed by atoms with Crippen LogP contribution in [0.2, 0.25) is 0 Å². The predicted molar refractivity (Wildman–Crippen MR) is 257 cm³/mol. The van der Waals surface area contributed by atoms with Gasteiger partial charge >= 0.3 is 12.3 Å². The van der Waals surface area contributed by atoms with Gasteiger partial charge in [0.1, 0.15) is 22.7 Å². The molecule has 2 unspecified atom stereocenters. The lowest BCUT2D eigenvalue weighted by Gasteiger charge is -2.29. The van der Waals surface area contributed by atoms with Crippen molar-refractivity contribution in [1.82, 2.24) is 9.80 Å². The summed E-state index contributed by atoms with van der Waals surface area (Å²) in [6, 6.07) is 22.5. The molecule has 0 N–H and O–H groups in total. The Morgan fingerprint density at radius 1 is 0.547 bits per heavy atom. The van der Waals surface area contributed by atoms with Crippen LogP contribution in [0.1, 0.15) is 130 Å². The Morgan fingerprint density at radius 2 is 0.906 bits per heavy atom. The lowest BCUT2D eigenvalue weighted by atomic mass is 9.98. The van der Waals surface area contributed by atoms with Gasteiger partial charge in [0.2, 0.25) is 0 Å². The second-order valence-corrected chi connectivity index (χ2v) is 20.7. The van der Waals surface area contributed by atoms with E-state index in [1.807, 2.05) is 58.3 Å². The quantitative estimate of drug-likeness (QED) is 0.0717. The molecule has 2 atom stereocenters. The first kappa shape index (κ1) is 48.3. The summed E-state index contributed by atoms with van der Waals surface area (Å²) in [6.45, 7) is 20.3. The molecule has 0 spiro atoms. The summed E-state index contributed by atoms with van der Waals surface area (Å²) < 4.78 is 22.4. The molecule has 2 aliphatic heterocycles. The fraction of sp³-hybridized carbons (Fsp3) is 0.462. The largest absolute Gasteiger partial charge is 0.514 e. The first-order valence-electron chi connectivity index (χ1n) is 22.8. The van der Waals surface area contributed by atoms with E-state index in [0.717, 1.165) is 70.9 Å². The van der Waals surface area contributed by atoms with Gasteiger partial charge in [-0.1, -0.05) is 90.5 Å². The predicted octanol–water partition coefficient (Wildman–Crippen LogP) is 14.0. The minimum Gasteiger partial charge on any atom is -0.428 e. The number of benzene rings is 2. The van der Waals surface area contributed by atoms with Crippen LogP contribution in [-0.2, 0) is 19.1 Å². The number of thiophene rings is 2. The van der Waals surface area contributed by atoms with Crippen LogP contribution in [-0.4, -0.2) is 58.2 Å². The minimum absolute atomic E-state index is 0.181. The molecule has 2 amide bonds. The first-order valence-corrected chi connectivity index (χ1v) is 24.4. The summed E-state index contributed by atoms with van der Waals surface area (Å²) in [5, 5.41) is 0. The van der Waals surface area contributed by atoms with Gasteiger partial charge in [0.25, 0.3) is 11.8 Å². The molecule has 6 rings (SSSR count). The highest BCUT2D eigenvalue weighted by Crippen LogP contribution is 2.51. The summed E-state index contributed by atoms with van der Waals surface area (Å²) >= 11 is 2.92. The highest BCUT2D eigenvalue weighted by atomic mass is 32.1. The first-order chi connectivity index (χ1) is 30.5. The van der Waals surface area contributed by atoms with Crippen LogP contribution in [0, 0.1) is 11.8 Å². The van der Waals surface area contributed by atoms with E-state index >= 15 is 9.59 Å². The number of unbranched alkanes of at least 4 members (excludes halogenated alkanes) is 2.